The number of benzene rings is 1. The van der Waals surface area contributed by atoms with Gasteiger partial charge in [0, 0.05) is 5.69 Å². The number of halogens is 3. The van der Waals surface area contributed by atoms with E-state index in [1.807, 2.05) is 6.92 Å². The summed E-state index contributed by atoms with van der Waals surface area (Å²) in [7, 11) is 0. The lowest BCUT2D eigenvalue weighted by Gasteiger charge is -2.38. The van der Waals surface area contributed by atoms with Gasteiger partial charge in [-0.05, 0) is 49.2 Å². The van der Waals surface area contributed by atoms with Crippen LogP contribution in [-0.4, -0.2) is 25.7 Å². The van der Waals surface area contributed by atoms with Crippen LogP contribution in [0.3, 0.4) is 0 Å². The summed E-state index contributed by atoms with van der Waals surface area (Å²) in [6.07, 6.45) is -1.29. The third-order valence-electron chi connectivity index (χ3n) is 5.05. The van der Waals surface area contributed by atoms with E-state index in [0.717, 1.165) is 0 Å². The van der Waals surface area contributed by atoms with Crippen LogP contribution in [0, 0.1) is 12.7 Å². The van der Waals surface area contributed by atoms with Gasteiger partial charge in [-0.15, -0.1) is 10.2 Å². The first-order chi connectivity index (χ1) is 13.3. The number of aromatic nitrogens is 4. The number of pyridine rings is 1. The van der Waals surface area contributed by atoms with Gasteiger partial charge in [0.2, 0.25) is 5.96 Å². The van der Waals surface area contributed by atoms with E-state index in [2.05, 4.69) is 20.2 Å². The molecule has 0 saturated carbocycles. The summed E-state index contributed by atoms with van der Waals surface area (Å²) < 4.78 is 41.8. The number of fused-ring (bicyclic) bond motifs is 1. The van der Waals surface area contributed by atoms with Crippen LogP contribution in [0.2, 0.25) is 0 Å². The maximum Gasteiger partial charge on any atom is 0.280 e. The van der Waals surface area contributed by atoms with E-state index in [0.29, 0.717) is 22.6 Å². The van der Waals surface area contributed by atoms with Crippen molar-refractivity contribution in [1.82, 2.24) is 19.7 Å². The van der Waals surface area contributed by atoms with E-state index >= 15 is 0 Å². The summed E-state index contributed by atoms with van der Waals surface area (Å²) in [4.78, 5) is 8.50. The van der Waals surface area contributed by atoms with Crippen molar-refractivity contribution in [2.75, 3.05) is 0 Å². The molecular weight excluding hydrogens is 369 g/mol. The number of alkyl halides is 2. The lowest BCUT2D eigenvalue weighted by Crippen LogP contribution is -2.42. The van der Waals surface area contributed by atoms with Crippen molar-refractivity contribution in [3.05, 3.63) is 76.9 Å². The number of hydrogen-bond donors (Lipinski definition) is 1. The Kier molecular flexibility index (Phi) is 4.17. The highest BCUT2D eigenvalue weighted by atomic mass is 19.3. The van der Waals surface area contributed by atoms with Crippen LogP contribution in [0.15, 0.2) is 47.7 Å². The fraction of sp³-hybridized carbons (Fsp3) is 0.263. The van der Waals surface area contributed by atoms with Gasteiger partial charge in [0.25, 0.3) is 6.43 Å². The number of rotatable bonds is 3. The molecule has 0 aliphatic carbocycles. The Labute approximate surface area is 159 Å². The van der Waals surface area contributed by atoms with E-state index in [9.17, 15) is 13.2 Å². The van der Waals surface area contributed by atoms with Gasteiger partial charge in [0.05, 0.1) is 11.5 Å². The van der Waals surface area contributed by atoms with Crippen molar-refractivity contribution >= 4 is 5.96 Å². The van der Waals surface area contributed by atoms with Crippen LogP contribution in [-0.2, 0) is 5.41 Å². The Hall–Kier alpha value is -3.23. The van der Waals surface area contributed by atoms with Gasteiger partial charge in [-0.2, -0.15) is 0 Å². The van der Waals surface area contributed by atoms with Crippen LogP contribution in [0.25, 0.3) is 0 Å². The highest BCUT2D eigenvalue weighted by Gasteiger charge is 2.46. The topological polar surface area (TPSA) is 82.0 Å². The van der Waals surface area contributed by atoms with Crippen LogP contribution < -0.4 is 5.73 Å². The van der Waals surface area contributed by atoms with Crippen LogP contribution in [0.4, 0.5) is 13.2 Å². The summed E-state index contributed by atoms with van der Waals surface area (Å²) in [5, 5.41) is 8.13. The summed E-state index contributed by atoms with van der Waals surface area (Å²) in [6, 6.07) is 8.30. The summed E-state index contributed by atoms with van der Waals surface area (Å²) in [5.74, 6) is 0.243. The molecule has 6 nitrogen and oxygen atoms in total. The van der Waals surface area contributed by atoms with E-state index in [1.165, 1.54) is 29.1 Å². The van der Waals surface area contributed by atoms with Gasteiger partial charge in [0.1, 0.15) is 17.8 Å². The highest BCUT2D eigenvalue weighted by molar-refractivity contribution is 5.83. The molecule has 1 aliphatic heterocycles. The lowest BCUT2D eigenvalue weighted by molar-refractivity contribution is 0.145. The maximum absolute atomic E-state index is 13.5. The first-order valence-electron chi connectivity index (χ1n) is 8.57. The van der Waals surface area contributed by atoms with Gasteiger partial charge in [-0.1, -0.05) is 12.1 Å². The normalized spacial score (nSPS) is 21.5. The second-order valence-corrected chi connectivity index (χ2v) is 6.89. The lowest BCUT2D eigenvalue weighted by atomic mass is 9.71. The van der Waals surface area contributed by atoms with Crippen LogP contribution in [0.1, 0.15) is 47.7 Å². The molecule has 2 N–H and O–H groups in total. The van der Waals surface area contributed by atoms with Crippen molar-refractivity contribution in [2.45, 2.75) is 31.7 Å². The number of nitrogens with two attached hydrogens (primary N) is 1. The zero-order chi connectivity index (χ0) is 20.1. The van der Waals surface area contributed by atoms with Gasteiger partial charge in [0.15, 0.2) is 5.82 Å². The number of nitrogens with zero attached hydrogens (tertiary/aromatic N) is 5. The SMILES string of the molecule is Cc1cc(C2(C)c3nncn3C(N)=NC2c2ccc(F)cc2)cc(C(F)F)n1. The number of aliphatic imine (C=N–C) groups is 1. The van der Waals surface area contributed by atoms with Gasteiger partial charge < -0.3 is 5.73 Å². The Morgan fingerprint density at radius 2 is 1.89 bits per heavy atom. The molecule has 0 saturated heterocycles. The molecule has 9 heteroatoms. The highest BCUT2D eigenvalue weighted by Crippen LogP contribution is 2.47. The second kappa shape index (κ2) is 6.43. The Bertz CT molecular complexity index is 1060. The zero-order valence-corrected chi connectivity index (χ0v) is 15.1. The summed E-state index contributed by atoms with van der Waals surface area (Å²) in [6.45, 7) is 3.48. The average molecular weight is 386 g/mol. The van der Waals surface area contributed by atoms with E-state index < -0.39 is 17.9 Å². The molecule has 2 unspecified atom stereocenters. The second-order valence-electron chi connectivity index (χ2n) is 6.89. The van der Waals surface area contributed by atoms with E-state index in [1.54, 1.807) is 25.1 Å². The van der Waals surface area contributed by atoms with E-state index in [-0.39, 0.29) is 17.5 Å². The first-order valence-corrected chi connectivity index (χ1v) is 8.57. The monoisotopic (exact) mass is 386 g/mol. The van der Waals surface area contributed by atoms with Crippen molar-refractivity contribution in [2.24, 2.45) is 10.7 Å². The molecule has 0 amide bonds. The third kappa shape index (κ3) is 2.74. The largest absolute Gasteiger partial charge is 0.369 e. The Balaban J connectivity index is 1.98. The Morgan fingerprint density at radius 3 is 2.57 bits per heavy atom. The van der Waals surface area contributed by atoms with E-state index in [4.69, 9.17) is 5.73 Å². The molecule has 0 radical (unpaired) electrons. The first kappa shape index (κ1) is 18.1. The van der Waals surface area contributed by atoms with Gasteiger partial charge in [-0.3, -0.25) is 9.55 Å². The Morgan fingerprint density at radius 1 is 1.18 bits per heavy atom. The third-order valence-corrected chi connectivity index (χ3v) is 5.05. The van der Waals surface area contributed by atoms with Crippen molar-refractivity contribution < 1.29 is 13.2 Å². The maximum atomic E-state index is 13.5. The molecule has 3 aromatic rings. The molecule has 1 aliphatic rings. The molecule has 4 rings (SSSR count). The molecule has 1 aromatic carbocycles. The van der Waals surface area contributed by atoms with Gasteiger partial charge in [-0.25, -0.2) is 18.2 Å². The summed E-state index contributed by atoms with van der Waals surface area (Å²) in [5.41, 5.74) is 6.44. The quantitative estimate of drug-likeness (QED) is 0.749. The molecule has 2 aromatic heterocycles. The average Bonchev–Trinajstić information content (AvgIpc) is 3.16. The number of hydrogen-bond acceptors (Lipinski definition) is 5. The van der Waals surface area contributed by atoms with Gasteiger partial charge >= 0.3 is 0 Å². The summed E-state index contributed by atoms with van der Waals surface area (Å²) >= 11 is 0. The fourth-order valence-electron chi connectivity index (χ4n) is 3.65. The van der Waals surface area contributed by atoms with Crippen molar-refractivity contribution in [3.63, 3.8) is 0 Å². The standard InChI is InChI=1S/C19H17F3N6/c1-10-7-12(8-14(25-10)16(21)22)19(2)15(11-3-5-13(20)6-4-11)26-18(23)28-9-24-27-17(19)28/h3-9,15-16H,1-2H3,(H2,23,26). The molecule has 3 heterocycles. The minimum absolute atomic E-state index is 0.173. The minimum atomic E-state index is -2.72. The molecule has 0 spiro atoms. The number of aryl methyl sites for hydroxylation is 1. The van der Waals surface area contributed by atoms with Crippen LogP contribution in [0.5, 0.6) is 0 Å². The van der Waals surface area contributed by atoms with Crippen molar-refractivity contribution in [1.29, 1.82) is 0 Å². The molecule has 0 bridgehead atoms. The predicted octanol–water partition coefficient (Wildman–Crippen LogP) is 3.28. The molecular formula is C19H17F3N6. The molecule has 2 atom stereocenters. The fourth-order valence-corrected chi connectivity index (χ4v) is 3.65. The predicted molar refractivity (Wildman–Crippen MR) is 96.6 cm³/mol. The smallest absolute Gasteiger partial charge is 0.280 e. The van der Waals surface area contributed by atoms with Crippen molar-refractivity contribution in [3.8, 4) is 0 Å². The minimum Gasteiger partial charge on any atom is -0.369 e. The molecule has 0 fully saturated rings. The molecule has 144 valence electrons. The van der Waals surface area contributed by atoms with Crippen LogP contribution >= 0.6 is 0 Å². The molecule has 28 heavy (non-hydrogen) atoms. The zero-order valence-electron chi connectivity index (χ0n) is 15.1.